The van der Waals surface area contributed by atoms with Crippen molar-refractivity contribution < 1.29 is 35.6 Å². The molecule has 0 unspecified atom stereocenters. The average molecular weight is 235 g/mol. The van der Waals surface area contributed by atoms with Gasteiger partial charge in [0.05, 0.1) is 0 Å². The molecule has 0 bridgehead atoms. The molecular formula is H6AlCaLaNa. The summed E-state index contributed by atoms with van der Waals surface area (Å²) in [6.45, 7) is 0. The Morgan fingerprint density at radius 1 is 1.00 bits per heavy atom. The Labute approximate surface area is 117 Å². The van der Waals surface area contributed by atoms with Gasteiger partial charge in [0.25, 0.3) is 0 Å². The van der Waals surface area contributed by atoms with E-state index in [0.29, 0.717) is 0 Å². The normalized spacial score (nSPS) is 0. The molecule has 0 saturated carbocycles. The van der Waals surface area contributed by atoms with Crippen molar-refractivity contribution in [3.63, 3.8) is 0 Å². The third kappa shape index (κ3) is 9.37. The second-order valence-corrected chi connectivity index (χ2v) is 0. The molecule has 4 heteroatoms. The van der Waals surface area contributed by atoms with Crippen molar-refractivity contribution in [1.29, 1.82) is 0 Å². The van der Waals surface area contributed by atoms with E-state index in [1.54, 1.807) is 0 Å². The molecule has 0 aliphatic rings. The van der Waals surface area contributed by atoms with Crippen LogP contribution in [-0.2, 0) is 0 Å². The standard InChI is InChI=1S/Al.Ca.La.Na.6H. The van der Waals surface area contributed by atoms with E-state index in [-0.39, 0.29) is 120 Å². The molecule has 0 aromatic carbocycles. The first-order valence-electron chi connectivity index (χ1n) is 0. The zero-order valence-electron chi connectivity index (χ0n) is 0.577. The number of rotatable bonds is 0. The van der Waals surface area contributed by atoms with Crippen LogP contribution in [0.25, 0.3) is 0 Å². The molecule has 0 nitrogen and oxygen atoms in total. The van der Waals surface area contributed by atoms with Crippen molar-refractivity contribution in [3.05, 3.63) is 0 Å². The first-order chi connectivity index (χ1) is 0. The summed E-state index contributed by atoms with van der Waals surface area (Å²) in [5.41, 5.74) is 0. The summed E-state index contributed by atoms with van der Waals surface area (Å²) in [4.78, 5) is 0. The first-order valence-corrected chi connectivity index (χ1v) is 0. The minimum absolute atomic E-state index is 0. The van der Waals surface area contributed by atoms with Crippen LogP contribution in [0.2, 0.25) is 0 Å². The van der Waals surface area contributed by atoms with Crippen LogP contribution >= 0.6 is 0 Å². The fraction of sp³-hybridized carbons (Fsp3) is 0. The second kappa shape index (κ2) is 15.8. The molecule has 0 atom stereocenters. The van der Waals surface area contributed by atoms with Crippen LogP contribution in [0.3, 0.4) is 0 Å². The summed E-state index contributed by atoms with van der Waals surface area (Å²) < 4.78 is 0. The molecule has 0 aromatic rings. The summed E-state index contributed by atoms with van der Waals surface area (Å²) >= 11 is 0. The summed E-state index contributed by atoms with van der Waals surface area (Å²) in [5, 5.41) is 0. The van der Waals surface area contributed by atoms with Crippen LogP contribution in [0.15, 0.2) is 0 Å². The Bertz CT molecular complexity index is 8.00. The van der Waals surface area contributed by atoms with Crippen LogP contribution in [-0.4, -0.2) is 84.7 Å². The summed E-state index contributed by atoms with van der Waals surface area (Å²) in [5.74, 6) is 0. The molecule has 15 valence electrons. The van der Waals surface area contributed by atoms with Crippen LogP contribution in [0.5, 0.6) is 0 Å². The summed E-state index contributed by atoms with van der Waals surface area (Å²) in [7, 11) is 0. The van der Waals surface area contributed by atoms with Crippen molar-refractivity contribution in [2.45, 2.75) is 0 Å². The van der Waals surface area contributed by atoms with Crippen molar-refractivity contribution in [1.82, 2.24) is 0 Å². The fourth-order valence-electron chi connectivity index (χ4n) is 0. The third-order valence-electron chi connectivity index (χ3n) is 0. The van der Waals surface area contributed by atoms with E-state index in [9.17, 15) is 0 Å². The van der Waals surface area contributed by atoms with E-state index in [2.05, 4.69) is 0 Å². The predicted octanol–water partition coefficient (Wildman–Crippen LogP) is -2.75. The average Bonchev–Trinajstić information content (AvgIpc) is 0. The molecule has 0 aliphatic carbocycles. The van der Waals surface area contributed by atoms with Gasteiger partial charge in [-0.2, -0.15) is 0 Å². The first kappa shape index (κ1) is 24.5. The molecule has 0 rings (SSSR count). The molecule has 0 amide bonds. The van der Waals surface area contributed by atoms with Crippen molar-refractivity contribution in [3.8, 4) is 0 Å². The zero-order chi connectivity index (χ0) is 0. The van der Waals surface area contributed by atoms with Gasteiger partial charge >= 0.3 is 67.3 Å². The third-order valence-corrected chi connectivity index (χ3v) is 0. The Morgan fingerprint density at radius 3 is 1.00 bits per heavy atom. The van der Waals surface area contributed by atoms with Gasteiger partial charge in [-0.1, -0.05) is 0 Å². The van der Waals surface area contributed by atoms with Crippen molar-refractivity contribution in [2.24, 2.45) is 0 Å². The fourth-order valence-corrected chi connectivity index (χ4v) is 0. The SMILES string of the molecule is [AlH3].[CaH2].[La].[NaH]. The Hall–Kier alpha value is 3.99. The predicted molar refractivity (Wildman–Crippen MR) is 25.6 cm³/mol. The van der Waals surface area contributed by atoms with Crippen molar-refractivity contribution >= 4 is 84.7 Å². The quantitative estimate of drug-likeness (QED) is 0.399. The van der Waals surface area contributed by atoms with Gasteiger partial charge in [-0.3, -0.25) is 0 Å². The second-order valence-electron chi connectivity index (χ2n) is 0. The molecule has 0 saturated heterocycles. The molecule has 0 aliphatic heterocycles. The van der Waals surface area contributed by atoms with Gasteiger partial charge in [0.2, 0.25) is 0 Å². The van der Waals surface area contributed by atoms with E-state index >= 15 is 0 Å². The zero-order valence-corrected chi connectivity index (χ0v) is 4.20. The van der Waals surface area contributed by atoms with Gasteiger partial charge < -0.3 is 0 Å². The maximum atomic E-state index is 0. The van der Waals surface area contributed by atoms with Gasteiger partial charge in [0.15, 0.2) is 17.4 Å². The summed E-state index contributed by atoms with van der Waals surface area (Å²) in [6.07, 6.45) is 0. The van der Waals surface area contributed by atoms with Crippen LogP contribution in [0.4, 0.5) is 0 Å². The van der Waals surface area contributed by atoms with Gasteiger partial charge in [-0.25, -0.2) is 0 Å². The molecule has 1 radical (unpaired) electrons. The van der Waals surface area contributed by atoms with Crippen LogP contribution < -0.4 is 0 Å². The monoisotopic (exact) mass is 235 g/mol. The molecule has 0 spiro atoms. The van der Waals surface area contributed by atoms with Gasteiger partial charge in [-0.05, 0) is 0 Å². The summed E-state index contributed by atoms with van der Waals surface area (Å²) in [6, 6.07) is 0. The molecule has 0 heterocycles. The van der Waals surface area contributed by atoms with E-state index < -0.39 is 0 Å². The van der Waals surface area contributed by atoms with E-state index in [4.69, 9.17) is 0 Å². The topological polar surface area (TPSA) is 0 Å². The Morgan fingerprint density at radius 2 is 1.00 bits per heavy atom. The van der Waals surface area contributed by atoms with E-state index in [1.807, 2.05) is 0 Å². The number of hydrogen-bond donors (Lipinski definition) is 0. The van der Waals surface area contributed by atoms with E-state index in [0.717, 1.165) is 0 Å². The van der Waals surface area contributed by atoms with Crippen LogP contribution in [0, 0.1) is 35.6 Å². The Balaban J connectivity index is 0. The molecular weight excluding hydrogens is 229 g/mol. The molecule has 0 fully saturated rings. The van der Waals surface area contributed by atoms with Crippen LogP contribution in [0.1, 0.15) is 0 Å². The number of hydrogen-bond acceptors (Lipinski definition) is 0. The molecule has 0 N–H and O–H groups in total. The van der Waals surface area contributed by atoms with Gasteiger partial charge in [-0.15, -0.1) is 0 Å². The molecule has 0 aromatic heterocycles. The maximum absolute atomic E-state index is 0. The van der Waals surface area contributed by atoms with Gasteiger partial charge in [0, 0.05) is 35.6 Å². The van der Waals surface area contributed by atoms with E-state index in [1.165, 1.54) is 0 Å². The van der Waals surface area contributed by atoms with Crippen molar-refractivity contribution in [2.75, 3.05) is 0 Å². The molecule has 4 heavy (non-hydrogen) atoms. The minimum atomic E-state index is 0. The van der Waals surface area contributed by atoms with Gasteiger partial charge in [0.1, 0.15) is 0 Å². The Kier molecular flexibility index (Phi) is 96.6.